The predicted octanol–water partition coefficient (Wildman–Crippen LogP) is 4.36. The largest absolute Gasteiger partial charge is 0.573 e. The van der Waals surface area contributed by atoms with E-state index in [4.69, 9.17) is 15.6 Å². The highest BCUT2D eigenvalue weighted by molar-refractivity contribution is 5.64. The van der Waals surface area contributed by atoms with Crippen LogP contribution in [0.3, 0.4) is 0 Å². The number of hydrogen-bond donors (Lipinski definition) is 1. The topological polar surface area (TPSA) is 78.4 Å². The Morgan fingerprint density at radius 1 is 1.21 bits per heavy atom. The predicted molar refractivity (Wildman–Crippen MR) is 119 cm³/mol. The van der Waals surface area contributed by atoms with Crippen molar-refractivity contribution in [3.63, 3.8) is 0 Å². The number of ether oxygens (including phenoxy) is 2. The SMILES string of the molecule is CC(C)n1nc(-c2cnc(N)c(OC(F)(F)F)c2)cc1[C@H]1[C@@H]2CC(N3CC4(CCCO4)C3)C[C@@H]21. The van der Waals surface area contributed by atoms with E-state index in [-0.39, 0.29) is 17.5 Å². The van der Waals surface area contributed by atoms with Crippen molar-refractivity contribution in [1.29, 1.82) is 0 Å². The zero-order valence-electron chi connectivity index (χ0n) is 19.4. The molecule has 184 valence electrons. The van der Waals surface area contributed by atoms with Crippen LogP contribution in [0.2, 0.25) is 0 Å². The summed E-state index contributed by atoms with van der Waals surface area (Å²) in [6.45, 7) is 7.19. The summed E-state index contributed by atoms with van der Waals surface area (Å²) in [6, 6.07) is 4.05. The number of anilines is 1. The monoisotopic (exact) mass is 477 g/mol. The Morgan fingerprint density at radius 3 is 2.56 bits per heavy atom. The molecule has 2 N–H and O–H groups in total. The Morgan fingerprint density at radius 2 is 1.94 bits per heavy atom. The van der Waals surface area contributed by atoms with E-state index in [1.807, 2.05) is 10.7 Å². The van der Waals surface area contributed by atoms with Crippen LogP contribution in [0.5, 0.6) is 5.75 Å². The van der Waals surface area contributed by atoms with Gasteiger partial charge in [0.25, 0.3) is 0 Å². The van der Waals surface area contributed by atoms with Crippen molar-refractivity contribution in [3.05, 3.63) is 24.0 Å². The van der Waals surface area contributed by atoms with Crippen LogP contribution in [0.15, 0.2) is 18.3 Å². The summed E-state index contributed by atoms with van der Waals surface area (Å²) in [7, 11) is 0. The van der Waals surface area contributed by atoms with E-state index in [2.05, 4.69) is 28.5 Å². The zero-order valence-corrected chi connectivity index (χ0v) is 19.4. The Bertz CT molecular complexity index is 1070. The van der Waals surface area contributed by atoms with E-state index in [1.165, 1.54) is 37.9 Å². The molecule has 2 aliphatic carbocycles. The van der Waals surface area contributed by atoms with Crippen molar-refractivity contribution in [1.82, 2.24) is 19.7 Å². The maximum absolute atomic E-state index is 12.7. The quantitative estimate of drug-likeness (QED) is 0.689. The maximum Gasteiger partial charge on any atom is 0.573 e. The number of halogens is 3. The number of alkyl halides is 3. The molecule has 4 heterocycles. The van der Waals surface area contributed by atoms with E-state index >= 15 is 0 Å². The molecule has 0 radical (unpaired) electrons. The molecule has 1 spiro atoms. The summed E-state index contributed by atoms with van der Waals surface area (Å²) >= 11 is 0. The number of nitrogen functional groups attached to an aromatic ring is 1. The third-order valence-corrected chi connectivity index (χ3v) is 8.10. The fraction of sp³-hybridized carbons (Fsp3) is 0.667. The Hall–Kier alpha value is -2.33. The number of nitrogens with zero attached hydrogens (tertiary/aromatic N) is 4. The summed E-state index contributed by atoms with van der Waals surface area (Å²) in [6.07, 6.45) is 1.37. The van der Waals surface area contributed by atoms with E-state index in [9.17, 15) is 13.2 Å². The van der Waals surface area contributed by atoms with Crippen molar-refractivity contribution >= 4 is 5.82 Å². The first-order chi connectivity index (χ1) is 16.1. The first-order valence-electron chi connectivity index (χ1n) is 12.1. The summed E-state index contributed by atoms with van der Waals surface area (Å²) in [4.78, 5) is 6.50. The molecule has 2 saturated carbocycles. The molecule has 4 fully saturated rings. The summed E-state index contributed by atoms with van der Waals surface area (Å²) < 4.78 is 50.3. The van der Waals surface area contributed by atoms with Crippen LogP contribution in [-0.4, -0.2) is 57.4 Å². The minimum absolute atomic E-state index is 0.138. The first kappa shape index (κ1) is 22.2. The average molecular weight is 478 g/mol. The molecule has 0 bridgehead atoms. The van der Waals surface area contributed by atoms with Gasteiger partial charge in [-0.25, -0.2) is 4.98 Å². The molecular weight excluding hydrogens is 447 g/mol. The van der Waals surface area contributed by atoms with Gasteiger partial charge < -0.3 is 15.2 Å². The number of nitrogens with two attached hydrogens (primary N) is 1. The molecule has 2 saturated heterocycles. The van der Waals surface area contributed by atoms with Crippen LogP contribution in [0.25, 0.3) is 11.3 Å². The number of hydrogen-bond acceptors (Lipinski definition) is 6. The van der Waals surface area contributed by atoms with Gasteiger partial charge in [-0.3, -0.25) is 9.58 Å². The number of fused-ring (bicyclic) bond motifs is 1. The van der Waals surface area contributed by atoms with Gasteiger partial charge in [0.1, 0.15) is 0 Å². The van der Waals surface area contributed by atoms with Crippen molar-refractivity contribution in [2.24, 2.45) is 11.8 Å². The zero-order chi connectivity index (χ0) is 23.8. The molecule has 1 unspecified atom stereocenters. The molecule has 2 aromatic rings. The van der Waals surface area contributed by atoms with Gasteiger partial charge in [0.05, 0.1) is 11.3 Å². The van der Waals surface area contributed by atoms with Crippen LogP contribution in [0.4, 0.5) is 19.0 Å². The molecule has 34 heavy (non-hydrogen) atoms. The molecule has 0 aromatic carbocycles. The highest BCUT2D eigenvalue weighted by Crippen LogP contribution is 2.64. The number of likely N-dealkylation sites (tertiary alicyclic amines) is 1. The molecule has 4 atom stereocenters. The lowest BCUT2D eigenvalue weighted by atomic mass is 9.88. The molecule has 4 aliphatic rings. The minimum Gasteiger partial charge on any atom is -0.402 e. The first-order valence-corrected chi connectivity index (χ1v) is 12.1. The van der Waals surface area contributed by atoms with Gasteiger partial charge in [0, 0.05) is 55.2 Å². The Kier molecular flexibility index (Phi) is 4.94. The summed E-state index contributed by atoms with van der Waals surface area (Å²) in [5.74, 6) is 0.924. The van der Waals surface area contributed by atoms with Crippen molar-refractivity contribution < 1.29 is 22.6 Å². The maximum atomic E-state index is 12.7. The van der Waals surface area contributed by atoms with Gasteiger partial charge in [-0.05, 0) is 63.5 Å². The van der Waals surface area contributed by atoms with Crippen molar-refractivity contribution in [2.75, 3.05) is 25.4 Å². The average Bonchev–Trinajstić information content (AvgIpc) is 3.23. The molecule has 7 nitrogen and oxygen atoms in total. The van der Waals surface area contributed by atoms with Crippen LogP contribution < -0.4 is 10.5 Å². The summed E-state index contributed by atoms with van der Waals surface area (Å²) in [5, 5.41) is 4.74. The van der Waals surface area contributed by atoms with Crippen LogP contribution in [0.1, 0.15) is 57.2 Å². The number of pyridine rings is 1. The second kappa shape index (κ2) is 7.58. The molecular formula is C24H30F3N5O2. The second-order valence-electron chi connectivity index (χ2n) is 10.7. The molecule has 0 amide bonds. The van der Waals surface area contributed by atoms with Crippen molar-refractivity contribution in [2.45, 2.75) is 69.5 Å². The molecule has 6 rings (SSSR count). The minimum atomic E-state index is -4.83. The van der Waals surface area contributed by atoms with E-state index in [1.54, 1.807) is 0 Å². The third kappa shape index (κ3) is 3.75. The third-order valence-electron chi connectivity index (χ3n) is 8.10. The van der Waals surface area contributed by atoms with E-state index in [0.717, 1.165) is 25.4 Å². The molecule has 2 aromatic heterocycles. The lowest BCUT2D eigenvalue weighted by molar-refractivity contribution is -0.274. The van der Waals surface area contributed by atoms with Crippen LogP contribution in [0, 0.1) is 11.8 Å². The molecule has 10 heteroatoms. The lowest BCUT2D eigenvalue weighted by Crippen LogP contribution is -2.64. The second-order valence-corrected chi connectivity index (χ2v) is 10.7. The van der Waals surface area contributed by atoms with Crippen LogP contribution >= 0.6 is 0 Å². The van der Waals surface area contributed by atoms with Crippen LogP contribution in [-0.2, 0) is 4.74 Å². The standard InChI is InChI=1S/C24H30F3N5O2/c1-13(2)32-19(9-18(30-32)14-6-20(22(28)29-10-14)34-24(25,26)27)21-16-7-15(8-17(16)21)31-11-23(12-31)4-3-5-33-23/h6,9-10,13,15-17,21H,3-5,7-8,11-12H2,1-2H3,(H2,28,29)/t15?,16-,17+,21+. The van der Waals surface area contributed by atoms with E-state index in [0.29, 0.717) is 35.1 Å². The fourth-order valence-electron chi connectivity index (χ4n) is 6.52. The van der Waals surface area contributed by atoms with E-state index < -0.39 is 12.1 Å². The smallest absolute Gasteiger partial charge is 0.402 e. The van der Waals surface area contributed by atoms with Gasteiger partial charge in [0.2, 0.25) is 0 Å². The van der Waals surface area contributed by atoms with Gasteiger partial charge >= 0.3 is 6.36 Å². The normalized spacial score (nSPS) is 30.1. The highest BCUT2D eigenvalue weighted by atomic mass is 19.4. The van der Waals surface area contributed by atoms with Gasteiger partial charge in [-0.15, -0.1) is 13.2 Å². The molecule has 2 aliphatic heterocycles. The lowest BCUT2D eigenvalue weighted by Gasteiger charge is -2.50. The Labute approximate surface area is 196 Å². The number of rotatable bonds is 5. The number of aromatic nitrogens is 3. The highest BCUT2D eigenvalue weighted by Gasteiger charge is 2.61. The van der Waals surface area contributed by atoms with Gasteiger partial charge in [0.15, 0.2) is 11.6 Å². The fourth-order valence-corrected chi connectivity index (χ4v) is 6.52. The van der Waals surface area contributed by atoms with Crippen molar-refractivity contribution in [3.8, 4) is 17.0 Å². The van der Waals surface area contributed by atoms with Gasteiger partial charge in [-0.1, -0.05) is 0 Å². The Balaban J connectivity index is 1.18. The summed E-state index contributed by atoms with van der Waals surface area (Å²) in [5.41, 5.74) is 7.94. The van der Waals surface area contributed by atoms with Gasteiger partial charge in [-0.2, -0.15) is 5.10 Å².